The van der Waals surface area contributed by atoms with Crippen molar-refractivity contribution in [2.24, 2.45) is 0 Å². The quantitative estimate of drug-likeness (QED) is 0.389. The molecule has 0 bridgehead atoms. The maximum absolute atomic E-state index is 15.8. The van der Waals surface area contributed by atoms with E-state index in [0.717, 1.165) is 41.0 Å². The molecule has 2 aromatic heterocycles. The van der Waals surface area contributed by atoms with E-state index in [9.17, 15) is 9.50 Å². The molecule has 1 unspecified atom stereocenters. The number of ether oxygens (including phenoxy) is 1. The largest absolute Gasteiger partial charge is 0.487 e. The van der Waals surface area contributed by atoms with Crippen LogP contribution in [0.3, 0.4) is 0 Å². The Balaban J connectivity index is 1.61. The Morgan fingerprint density at radius 1 is 1.11 bits per heavy atom. The molecular formula is C23H16ClF3N6O2. The lowest BCUT2D eigenvalue weighted by Crippen LogP contribution is -2.48. The molecule has 8 nitrogen and oxygen atoms in total. The fourth-order valence-corrected chi connectivity index (χ4v) is 3.53. The molecule has 0 aliphatic rings. The summed E-state index contributed by atoms with van der Waals surface area (Å²) in [5.41, 5.74) is -3.39. The molecule has 0 saturated heterocycles. The minimum absolute atomic E-state index is 0.0266. The van der Waals surface area contributed by atoms with Crippen LogP contribution >= 0.6 is 11.6 Å². The van der Waals surface area contributed by atoms with E-state index in [4.69, 9.17) is 21.6 Å². The highest BCUT2D eigenvalue weighted by molar-refractivity contribution is 6.30. The molecule has 12 heteroatoms. The van der Waals surface area contributed by atoms with E-state index in [1.807, 2.05) is 6.07 Å². The first-order chi connectivity index (χ1) is 16.7. The average Bonchev–Trinajstić information content (AvgIpc) is 3.36. The highest BCUT2D eigenvalue weighted by Crippen LogP contribution is 2.47. The second-order valence-electron chi connectivity index (χ2n) is 7.54. The van der Waals surface area contributed by atoms with Gasteiger partial charge in [-0.05, 0) is 52.4 Å². The first-order valence-electron chi connectivity index (χ1n) is 10.1. The molecule has 178 valence electrons. The molecule has 2 heterocycles. The van der Waals surface area contributed by atoms with Crippen LogP contribution in [-0.2, 0) is 24.7 Å². The molecule has 0 saturated carbocycles. The van der Waals surface area contributed by atoms with Crippen molar-refractivity contribution in [2.75, 3.05) is 0 Å². The lowest BCUT2D eigenvalue weighted by molar-refractivity contribution is -0.207. The first kappa shape index (κ1) is 24.1. The van der Waals surface area contributed by atoms with E-state index in [2.05, 4.69) is 20.5 Å². The molecule has 0 fully saturated rings. The maximum Gasteiger partial charge on any atom is 0.323 e. The number of tetrazole rings is 1. The minimum atomic E-state index is -4.08. The zero-order valence-electron chi connectivity index (χ0n) is 17.8. The van der Waals surface area contributed by atoms with Gasteiger partial charge in [0.2, 0.25) is 0 Å². The van der Waals surface area contributed by atoms with Gasteiger partial charge in [0.15, 0.2) is 5.60 Å². The number of nitriles is 1. The van der Waals surface area contributed by atoms with Gasteiger partial charge >= 0.3 is 5.92 Å². The molecule has 0 radical (unpaired) electrons. The number of aliphatic hydroxyl groups is 1. The predicted octanol–water partition coefficient (Wildman–Crippen LogP) is 3.99. The Labute approximate surface area is 202 Å². The third-order valence-corrected chi connectivity index (χ3v) is 5.46. The Kier molecular flexibility index (Phi) is 6.68. The van der Waals surface area contributed by atoms with Crippen LogP contribution in [0.1, 0.15) is 22.4 Å². The maximum atomic E-state index is 15.8. The van der Waals surface area contributed by atoms with Gasteiger partial charge in [-0.25, -0.2) is 9.07 Å². The highest BCUT2D eigenvalue weighted by atomic mass is 35.5. The van der Waals surface area contributed by atoms with Crippen molar-refractivity contribution < 1.29 is 23.0 Å². The summed E-state index contributed by atoms with van der Waals surface area (Å²) < 4.78 is 52.6. The molecule has 0 aliphatic heterocycles. The molecule has 1 N–H and O–H groups in total. The van der Waals surface area contributed by atoms with Gasteiger partial charge in [-0.2, -0.15) is 14.0 Å². The number of pyridine rings is 1. The van der Waals surface area contributed by atoms with Crippen LogP contribution in [-0.4, -0.2) is 30.3 Å². The Morgan fingerprint density at radius 2 is 1.89 bits per heavy atom. The van der Waals surface area contributed by atoms with Crippen molar-refractivity contribution in [3.05, 3.63) is 100 Å². The van der Waals surface area contributed by atoms with E-state index in [0.29, 0.717) is 5.56 Å². The zero-order valence-corrected chi connectivity index (χ0v) is 18.6. The normalized spacial score (nSPS) is 13.1. The standard InChI is InChI=1S/C23H16ClF3N6O2/c24-17-5-7-19(20(25)9-17)22(34,13-33-14-30-31-32-33)23(26,27)21-8-6-18(11-29-21)35-12-16-3-1-15(10-28)2-4-16/h1-9,11,14,34H,12-13H2. The molecule has 4 rings (SSSR count). The van der Waals surface area contributed by atoms with Gasteiger partial charge in [-0.3, -0.25) is 4.98 Å². The number of hydrogen-bond donors (Lipinski definition) is 1. The highest BCUT2D eigenvalue weighted by Gasteiger charge is 2.57. The third-order valence-electron chi connectivity index (χ3n) is 5.22. The summed E-state index contributed by atoms with van der Waals surface area (Å²) in [6.45, 7) is -0.757. The van der Waals surface area contributed by atoms with E-state index < -0.39 is 35.1 Å². The summed E-state index contributed by atoms with van der Waals surface area (Å²) in [6, 6.07) is 13.9. The predicted molar refractivity (Wildman–Crippen MR) is 117 cm³/mol. The second kappa shape index (κ2) is 9.69. The van der Waals surface area contributed by atoms with Crippen molar-refractivity contribution in [2.45, 2.75) is 24.7 Å². The fourth-order valence-electron chi connectivity index (χ4n) is 3.37. The van der Waals surface area contributed by atoms with E-state index in [-0.39, 0.29) is 17.4 Å². The van der Waals surface area contributed by atoms with Crippen molar-refractivity contribution in [3.63, 3.8) is 0 Å². The van der Waals surface area contributed by atoms with Crippen LogP contribution in [0.15, 0.2) is 67.1 Å². The molecule has 2 aromatic carbocycles. The smallest absolute Gasteiger partial charge is 0.323 e. The molecule has 0 amide bonds. The van der Waals surface area contributed by atoms with Crippen molar-refractivity contribution in [3.8, 4) is 11.8 Å². The number of alkyl halides is 2. The number of halogens is 4. The van der Waals surface area contributed by atoms with Crippen LogP contribution in [0.25, 0.3) is 0 Å². The monoisotopic (exact) mass is 500 g/mol. The number of nitrogens with zero attached hydrogens (tertiary/aromatic N) is 6. The van der Waals surface area contributed by atoms with Crippen LogP contribution in [0.4, 0.5) is 13.2 Å². The Bertz CT molecular complexity index is 1350. The average molecular weight is 501 g/mol. The zero-order chi connectivity index (χ0) is 25.1. The summed E-state index contributed by atoms with van der Waals surface area (Å²) in [5.74, 6) is -5.02. The van der Waals surface area contributed by atoms with Crippen LogP contribution in [0, 0.1) is 17.1 Å². The molecule has 1 atom stereocenters. The molecule has 35 heavy (non-hydrogen) atoms. The van der Waals surface area contributed by atoms with E-state index >= 15 is 8.78 Å². The molecule has 0 spiro atoms. The third kappa shape index (κ3) is 4.94. The molecule has 0 aliphatic carbocycles. The summed E-state index contributed by atoms with van der Waals surface area (Å²) >= 11 is 5.76. The topological polar surface area (TPSA) is 110 Å². The summed E-state index contributed by atoms with van der Waals surface area (Å²) in [7, 11) is 0. The number of hydrogen-bond acceptors (Lipinski definition) is 7. The molecular weight excluding hydrogens is 485 g/mol. The number of rotatable bonds is 8. The summed E-state index contributed by atoms with van der Waals surface area (Å²) in [5, 5.41) is 30.3. The van der Waals surface area contributed by atoms with Crippen LogP contribution < -0.4 is 4.74 Å². The SMILES string of the molecule is N#Cc1ccc(COc2ccc(C(F)(F)C(O)(Cn3cnnn3)c3ccc(Cl)cc3F)nc2)cc1. The van der Waals surface area contributed by atoms with Crippen molar-refractivity contribution in [1.82, 2.24) is 25.2 Å². The van der Waals surface area contributed by atoms with Gasteiger partial charge in [0.25, 0.3) is 0 Å². The van der Waals surface area contributed by atoms with Crippen LogP contribution in [0.2, 0.25) is 5.02 Å². The number of benzene rings is 2. The van der Waals surface area contributed by atoms with E-state index in [1.165, 1.54) is 12.1 Å². The van der Waals surface area contributed by atoms with E-state index in [1.54, 1.807) is 24.3 Å². The van der Waals surface area contributed by atoms with Gasteiger partial charge < -0.3 is 9.84 Å². The van der Waals surface area contributed by atoms with Gasteiger partial charge in [-0.15, -0.1) is 5.10 Å². The Morgan fingerprint density at radius 3 is 2.49 bits per heavy atom. The van der Waals surface area contributed by atoms with Crippen LogP contribution in [0.5, 0.6) is 5.75 Å². The van der Waals surface area contributed by atoms with Gasteiger partial charge in [0.1, 0.15) is 30.2 Å². The Hall–Kier alpha value is -4.01. The summed E-state index contributed by atoms with van der Waals surface area (Å²) in [6.07, 6.45) is 2.09. The van der Waals surface area contributed by atoms with Crippen molar-refractivity contribution in [1.29, 1.82) is 5.26 Å². The number of aromatic nitrogens is 5. The first-order valence-corrected chi connectivity index (χ1v) is 10.5. The lowest BCUT2D eigenvalue weighted by atomic mass is 9.84. The van der Waals surface area contributed by atoms with Gasteiger partial charge in [0, 0.05) is 10.6 Å². The molecule has 4 aromatic rings. The fraction of sp³-hybridized carbons (Fsp3) is 0.174. The minimum Gasteiger partial charge on any atom is -0.487 e. The lowest BCUT2D eigenvalue weighted by Gasteiger charge is -2.35. The van der Waals surface area contributed by atoms with Crippen molar-refractivity contribution >= 4 is 11.6 Å². The van der Waals surface area contributed by atoms with Gasteiger partial charge in [-0.1, -0.05) is 29.8 Å². The summed E-state index contributed by atoms with van der Waals surface area (Å²) in [4.78, 5) is 3.77. The second-order valence-corrected chi connectivity index (χ2v) is 7.98. The van der Waals surface area contributed by atoms with Gasteiger partial charge in [0.05, 0.1) is 24.4 Å².